The normalized spacial score (nSPS) is 10.1. The molecule has 1 aromatic heterocycles. The first-order chi connectivity index (χ1) is 6.75. The van der Waals surface area contributed by atoms with E-state index in [1.54, 1.807) is 30.5 Å². The summed E-state index contributed by atoms with van der Waals surface area (Å²) in [6.45, 7) is 0. The van der Waals surface area contributed by atoms with Crippen LogP contribution in [0.25, 0.3) is 0 Å². The topological polar surface area (TPSA) is 42.4 Å². The van der Waals surface area contributed by atoms with E-state index in [1.807, 2.05) is 0 Å². The second-order valence-electron chi connectivity index (χ2n) is 2.50. The van der Waals surface area contributed by atoms with E-state index >= 15 is 0 Å². The minimum absolute atomic E-state index is 0.110. The number of thiazole rings is 1. The average molecular weight is 272 g/mol. The van der Waals surface area contributed by atoms with Crippen molar-refractivity contribution in [2.24, 2.45) is 0 Å². The summed E-state index contributed by atoms with van der Waals surface area (Å²) in [7, 11) is 0. The van der Waals surface area contributed by atoms with Crippen LogP contribution >= 0.6 is 27.3 Å². The zero-order chi connectivity index (χ0) is 9.97. The third kappa shape index (κ3) is 2.05. The van der Waals surface area contributed by atoms with E-state index in [2.05, 4.69) is 20.9 Å². The lowest BCUT2D eigenvalue weighted by Crippen LogP contribution is -1.82. The van der Waals surface area contributed by atoms with Gasteiger partial charge in [0.05, 0.1) is 9.98 Å². The van der Waals surface area contributed by atoms with Crippen molar-refractivity contribution in [3.63, 3.8) is 0 Å². The number of phenolic OH excluding ortho intramolecular Hbond substituents is 1. The average Bonchev–Trinajstić information content (AvgIpc) is 2.56. The molecule has 0 bridgehead atoms. The molecule has 0 saturated carbocycles. The molecule has 5 heteroatoms. The van der Waals surface area contributed by atoms with Crippen molar-refractivity contribution in [3.8, 4) is 16.7 Å². The number of rotatable bonds is 2. The number of aromatic hydroxyl groups is 1. The largest absolute Gasteiger partial charge is 0.504 e. The van der Waals surface area contributed by atoms with Gasteiger partial charge < -0.3 is 9.84 Å². The van der Waals surface area contributed by atoms with Crippen LogP contribution in [0.2, 0.25) is 0 Å². The molecule has 1 heterocycles. The highest BCUT2D eigenvalue weighted by Crippen LogP contribution is 2.33. The van der Waals surface area contributed by atoms with Gasteiger partial charge in [-0.25, -0.2) is 4.98 Å². The van der Waals surface area contributed by atoms with E-state index in [1.165, 1.54) is 11.3 Å². The number of aromatic nitrogens is 1. The molecule has 72 valence electrons. The number of phenols is 1. The molecule has 14 heavy (non-hydrogen) atoms. The number of halogens is 1. The fraction of sp³-hybridized carbons (Fsp3) is 0. The third-order valence-corrected chi connectivity index (χ3v) is 2.87. The predicted octanol–water partition coefficient (Wildman–Crippen LogP) is 3.40. The molecule has 0 radical (unpaired) electrons. The fourth-order valence-corrected chi connectivity index (χ4v) is 1.95. The van der Waals surface area contributed by atoms with Crippen molar-refractivity contribution in [2.75, 3.05) is 0 Å². The van der Waals surface area contributed by atoms with Crippen molar-refractivity contribution in [1.29, 1.82) is 0 Å². The van der Waals surface area contributed by atoms with E-state index in [9.17, 15) is 5.11 Å². The predicted molar refractivity (Wildman–Crippen MR) is 58.0 cm³/mol. The molecule has 0 atom stereocenters. The van der Waals surface area contributed by atoms with Gasteiger partial charge in [-0.05, 0) is 28.1 Å². The lowest BCUT2D eigenvalue weighted by atomic mass is 10.3. The lowest BCUT2D eigenvalue weighted by Gasteiger charge is -2.02. The zero-order valence-corrected chi connectivity index (χ0v) is 9.38. The maximum Gasteiger partial charge on any atom is 0.279 e. The monoisotopic (exact) mass is 271 g/mol. The summed E-state index contributed by atoms with van der Waals surface area (Å²) in [5, 5.41) is 9.92. The maximum atomic E-state index is 9.42. The first kappa shape index (κ1) is 9.48. The van der Waals surface area contributed by atoms with E-state index in [0.29, 0.717) is 10.9 Å². The van der Waals surface area contributed by atoms with Crippen LogP contribution in [0, 0.1) is 0 Å². The van der Waals surface area contributed by atoms with E-state index in [-0.39, 0.29) is 5.75 Å². The quantitative estimate of drug-likeness (QED) is 0.911. The molecule has 2 aromatic rings. The second-order valence-corrected chi connectivity index (χ2v) is 4.87. The summed E-state index contributed by atoms with van der Waals surface area (Å²) in [5.41, 5.74) is 0. The fourth-order valence-electron chi connectivity index (χ4n) is 0.924. The van der Waals surface area contributed by atoms with Crippen LogP contribution in [0.1, 0.15) is 0 Å². The zero-order valence-electron chi connectivity index (χ0n) is 6.98. The Labute approximate surface area is 93.1 Å². The molecule has 1 aromatic carbocycles. The highest BCUT2D eigenvalue weighted by molar-refractivity contribution is 9.11. The number of hydrogen-bond donors (Lipinski definition) is 1. The van der Waals surface area contributed by atoms with Crippen LogP contribution in [0.5, 0.6) is 16.7 Å². The minimum Gasteiger partial charge on any atom is -0.504 e. The van der Waals surface area contributed by atoms with Gasteiger partial charge in [0, 0.05) is 0 Å². The number of hydrogen-bond acceptors (Lipinski definition) is 4. The van der Waals surface area contributed by atoms with Gasteiger partial charge in [0.1, 0.15) is 0 Å². The highest BCUT2D eigenvalue weighted by Gasteiger charge is 2.05. The molecular weight excluding hydrogens is 266 g/mol. The van der Waals surface area contributed by atoms with Crippen molar-refractivity contribution in [1.82, 2.24) is 4.98 Å². The van der Waals surface area contributed by atoms with Crippen molar-refractivity contribution in [3.05, 3.63) is 34.2 Å². The Morgan fingerprint density at radius 1 is 1.36 bits per heavy atom. The Morgan fingerprint density at radius 3 is 2.79 bits per heavy atom. The number of nitrogens with zero attached hydrogens (tertiary/aromatic N) is 1. The van der Waals surface area contributed by atoms with Gasteiger partial charge in [-0.3, -0.25) is 0 Å². The van der Waals surface area contributed by atoms with Gasteiger partial charge in [0.2, 0.25) is 0 Å². The molecular formula is C9H6BrNO2S. The first-order valence-corrected chi connectivity index (χ1v) is 5.44. The van der Waals surface area contributed by atoms with Crippen LogP contribution in [-0.4, -0.2) is 10.1 Å². The van der Waals surface area contributed by atoms with Crippen molar-refractivity contribution < 1.29 is 9.84 Å². The maximum absolute atomic E-state index is 9.42. The molecule has 0 spiro atoms. The Morgan fingerprint density at radius 2 is 2.14 bits per heavy atom. The standard InChI is InChI=1S/C9H6BrNO2S/c10-8-5-11-9(14-8)13-7-4-2-1-3-6(7)12/h1-5,12H. The van der Waals surface area contributed by atoms with Crippen LogP contribution in [0.3, 0.4) is 0 Å². The molecule has 1 N–H and O–H groups in total. The summed E-state index contributed by atoms with van der Waals surface area (Å²) in [6.07, 6.45) is 1.65. The molecule has 0 unspecified atom stereocenters. The smallest absolute Gasteiger partial charge is 0.279 e. The third-order valence-electron chi connectivity index (χ3n) is 1.52. The minimum atomic E-state index is 0.110. The highest BCUT2D eigenvalue weighted by atomic mass is 79.9. The molecule has 0 aliphatic heterocycles. The van der Waals surface area contributed by atoms with Gasteiger partial charge >= 0.3 is 0 Å². The van der Waals surface area contributed by atoms with Gasteiger partial charge in [0.25, 0.3) is 5.19 Å². The number of para-hydroxylation sites is 2. The summed E-state index contributed by atoms with van der Waals surface area (Å²) in [6, 6.07) is 6.78. The molecule has 0 aliphatic rings. The van der Waals surface area contributed by atoms with Crippen LogP contribution in [-0.2, 0) is 0 Å². The SMILES string of the molecule is Oc1ccccc1Oc1ncc(Br)s1. The van der Waals surface area contributed by atoms with Crippen molar-refractivity contribution in [2.45, 2.75) is 0 Å². The van der Waals surface area contributed by atoms with Gasteiger partial charge in [0.15, 0.2) is 11.5 Å². The van der Waals surface area contributed by atoms with Crippen LogP contribution in [0.4, 0.5) is 0 Å². The van der Waals surface area contributed by atoms with Crippen LogP contribution < -0.4 is 4.74 Å². The van der Waals surface area contributed by atoms with Gasteiger partial charge in [-0.2, -0.15) is 0 Å². The Hall–Kier alpha value is -1.07. The van der Waals surface area contributed by atoms with E-state index in [0.717, 1.165) is 3.79 Å². The molecule has 0 aliphatic carbocycles. The second kappa shape index (κ2) is 3.98. The van der Waals surface area contributed by atoms with E-state index in [4.69, 9.17) is 4.74 Å². The first-order valence-electron chi connectivity index (χ1n) is 3.83. The van der Waals surface area contributed by atoms with Crippen molar-refractivity contribution >= 4 is 27.3 Å². The Bertz CT molecular complexity index is 444. The number of ether oxygens (including phenoxy) is 1. The summed E-state index contributed by atoms with van der Waals surface area (Å²) < 4.78 is 6.25. The Kier molecular flexibility index (Phi) is 2.69. The lowest BCUT2D eigenvalue weighted by molar-refractivity contribution is 0.410. The summed E-state index contributed by atoms with van der Waals surface area (Å²) in [5.74, 6) is 0.521. The molecule has 2 rings (SSSR count). The van der Waals surface area contributed by atoms with Gasteiger partial charge in [-0.1, -0.05) is 23.5 Å². The van der Waals surface area contributed by atoms with E-state index < -0.39 is 0 Å². The molecule has 0 saturated heterocycles. The summed E-state index contributed by atoms with van der Waals surface area (Å²) in [4.78, 5) is 3.99. The van der Waals surface area contributed by atoms with Gasteiger partial charge in [-0.15, -0.1) is 0 Å². The molecule has 3 nitrogen and oxygen atoms in total. The molecule has 0 fully saturated rings. The van der Waals surface area contributed by atoms with Crippen LogP contribution in [0.15, 0.2) is 34.2 Å². The summed E-state index contributed by atoms with van der Waals surface area (Å²) >= 11 is 4.64. The molecule has 0 amide bonds. The number of benzene rings is 1. The Balaban J connectivity index is 2.23.